The predicted molar refractivity (Wildman–Crippen MR) is 154 cm³/mol. The molecule has 0 radical (unpaired) electrons. The van der Waals surface area contributed by atoms with E-state index in [2.05, 4.69) is 13.8 Å². The van der Waals surface area contributed by atoms with E-state index in [-0.39, 0.29) is 17.9 Å². The second-order valence-corrected chi connectivity index (χ2v) is 9.61. The molecule has 0 bridgehead atoms. The van der Waals surface area contributed by atoms with Crippen molar-refractivity contribution in [3.8, 4) is 17.2 Å². The molecule has 0 spiro atoms. The average molecular weight is 514 g/mol. The molecule has 38 heavy (non-hydrogen) atoms. The van der Waals surface area contributed by atoms with Crippen LogP contribution in [-0.2, 0) is 19.8 Å². The van der Waals surface area contributed by atoms with Gasteiger partial charge < -0.3 is 18.8 Å². The van der Waals surface area contributed by atoms with Crippen LogP contribution in [-0.4, -0.2) is 11.2 Å². The molecule has 5 nitrogen and oxygen atoms in total. The van der Waals surface area contributed by atoms with E-state index < -0.39 is 0 Å². The Labute approximate surface area is 226 Å². The van der Waals surface area contributed by atoms with Crippen molar-refractivity contribution in [3.05, 3.63) is 100 Å². The maximum absolute atomic E-state index is 14.0. The van der Waals surface area contributed by atoms with Crippen molar-refractivity contribution in [2.75, 3.05) is 6.61 Å². The summed E-state index contributed by atoms with van der Waals surface area (Å²) in [6, 6.07) is 25.8. The Morgan fingerprint density at radius 1 is 0.658 bits per heavy atom. The molecule has 0 saturated carbocycles. The van der Waals surface area contributed by atoms with E-state index >= 15 is 0 Å². The van der Waals surface area contributed by atoms with Gasteiger partial charge in [0.25, 0.3) is 5.56 Å². The largest absolute Gasteiger partial charge is 0.494 e. The van der Waals surface area contributed by atoms with Crippen LogP contribution in [0, 0.1) is 0 Å². The van der Waals surface area contributed by atoms with E-state index in [1.165, 1.54) is 0 Å². The van der Waals surface area contributed by atoms with Gasteiger partial charge in [0, 0.05) is 18.0 Å². The summed E-state index contributed by atoms with van der Waals surface area (Å²) >= 11 is 0. The summed E-state index contributed by atoms with van der Waals surface area (Å²) in [5.41, 5.74) is 2.67. The second kappa shape index (κ2) is 14.3. The summed E-state index contributed by atoms with van der Waals surface area (Å²) in [4.78, 5) is 14.0. The minimum Gasteiger partial charge on any atom is -0.494 e. The molecule has 3 aromatic carbocycles. The van der Waals surface area contributed by atoms with Gasteiger partial charge >= 0.3 is 0 Å². The molecule has 4 rings (SSSR count). The Morgan fingerprint density at radius 2 is 1.29 bits per heavy atom. The highest BCUT2D eigenvalue weighted by Gasteiger charge is 2.21. The summed E-state index contributed by atoms with van der Waals surface area (Å²) in [7, 11) is 0. The van der Waals surface area contributed by atoms with Crippen LogP contribution in [0.1, 0.15) is 63.5 Å². The number of aryl methyl sites for hydroxylation is 1. The van der Waals surface area contributed by atoms with Crippen molar-refractivity contribution in [2.24, 2.45) is 0 Å². The molecule has 0 fully saturated rings. The average Bonchev–Trinajstić information content (AvgIpc) is 2.96. The summed E-state index contributed by atoms with van der Waals surface area (Å²) < 4.78 is 20.5. The third-order valence-electron chi connectivity index (χ3n) is 6.60. The normalized spacial score (nSPS) is 11.0. The number of nitrogens with zero attached hydrogens (tertiary/aromatic N) is 1. The van der Waals surface area contributed by atoms with Crippen molar-refractivity contribution in [1.29, 1.82) is 0 Å². The van der Waals surface area contributed by atoms with Crippen molar-refractivity contribution >= 4 is 10.9 Å². The second-order valence-electron chi connectivity index (χ2n) is 9.61. The molecule has 1 aromatic heterocycles. The fraction of sp³-hybridized carbons (Fsp3) is 0.364. The number of aromatic nitrogens is 1. The number of benzene rings is 3. The molecule has 0 aliphatic rings. The van der Waals surface area contributed by atoms with Crippen LogP contribution in [0.3, 0.4) is 0 Å². The van der Waals surface area contributed by atoms with Crippen molar-refractivity contribution in [1.82, 2.24) is 4.57 Å². The summed E-state index contributed by atoms with van der Waals surface area (Å²) in [5.74, 6) is 1.50. The molecule has 0 saturated heterocycles. The standard InChI is InChI=1S/C33H39NO4/c1-3-5-7-14-21-34-30-23-28(36-22-6-4-2)19-20-29(30)31(37-24-26-15-10-8-11-16-26)32(33(34)35)38-25-27-17-12-9-13-18-27/h8-13,15-20,23H,3-7,14,21-22,24-25H2,1-2H3. The topological polar surface area (TPSA) is 49.7 Å². The van der Waals surface area contributed by atoms with Gasteiger partial charge in [0.1, 0.15) is 19.0 Å². The van der Waals surface area contributed by atoms with Crippen molar-refractivity contribution in [2.45, 2.75) is 72.1 Å². The summed E-state index contributed by atoms with van der Waals surface area (Å²) in [6.07, 6.45) is 6.33. The molecule has 0 atom stereocenters. The van der Waals surface area contributed by atoms with Gasteiger partial charge in [-0.1, -0.05) is 100 Å². The van der Waals surface area contributed by atoms with Gasteiger partial charge in [0.05, 0.1) is 12.1 Å². The lowest BCUT2D eigenvalue weighted by atomic mass is 10.1. The van der Waals surface area contributed by atoms with Gasteiger partial charge in [-0.3, -0.25) is 4.79 Å². The van der Waals surface area contributed by atoms with Crippen LogP contribution in [0.5, 0.6) is 17.2 Å². The molecule has 4 aromatic rings. The van der Waals surface area contributed by atoms with Crippen LogP contribution >= 0.6 is 0 Å². The van der Waals surface area contributed by atoms with Crippen LogP contribution in [0.15, 0.2) is 83.7 Å². The number of hydrogen-bond acceptors (Lipinski definition) is 4. The minimum absolute atomic E-state index is 0.168. The lowest BCUT2D eigenvalue weighted by Crippen LogP contribution is -2.24. The van der Waals surface area contributed by atoms with E-state index in [1.807, 2.05) is 83.4 Å². The van der Waals surface area contributed by atoms with Gasteiger partial charge in [-0.15, -0.1) is 0 Å². The van der Waals surface area contributed by atoms with E-state index in [4.69, 9.17) is 14.2 Å². The summed E-state index contributed by atoms with van der Waals surface area (Å²) in [5, 5.41) is 0.849. The van der Waals surface area contributed by atoms with Crippen molar-refractivity contribution < 1.29 is 14.2 Å². The number of unbranched alkanes of at least 4 members (excludes halogenated alkanes) is 4. The smallest absolute Gasteiger partial charge is 0.297 e. The number of rotatable bonds is 15. The lowest BCUT2D eigenvalue weighted by molar-refractivity contribution is 0.253. The molecule has 200 valence electrons. The van der Waals surface area contributed by atoms with Gasteiger partial charge in [-0.2, -0.15) is 0 Å². The Bertz CT molecular complexity index is 1330. The number of fused-ring (bicyclic) bond motifs is 1. The Hall–Kier alpha value is -3.73. The molecule has 0 amide bonds. The van der Waals surface area contributed by atoms with Crippen LogP contribution in [0.4, 0.5) is 0 Å². The fourth-order valence-electron chi connectivity index (χ4n) is 4.45. The third kappa shape index (κ3) is 7.18. The monoisotopic (exact) mass is 513 g/mol. The molecule has 0 unspecified atom stereocenters. The molecule has 1 heterocycles. The first-order valence-electron chi connectivity index (χ1n) is 13.9. The third-order valence-corrected chi connectivity index (χ3v) is 6.60. The van der Waals surface area contributed by atoms with Gasteiger partial charge in [-0.05, 0) is 36.1 Å². The molecular formula is C33H39NO4. The first-order valence-corrected chi connectivity index (χ1v) is 13.9. The maximum Gasteiger partial charge on any atom is 0.297 e. The number of ether oxygens (including phenoxy) is 3. The Kier molecular flexibility index (Phi) is 10.3. The van der Waals surface area contributed by atoms with E-state index in [0.717, 1.165) is 66.3 Å². The Balaban J connectivity index is 1.77. The van der Waals surface area contributed by atoms with Crippen LogP contribution in [0.25, 0.3) is 10.9 Å². The highest BCUT2D eigenvalue weighted by molar-refractivity contribution is 5.89. The highest BCUT2D eigenvalue weighted by atomic mass is 16.5. The van der Waals surface area contributed by atoms with Gasteiger partial charge in [0.15, 0.2) is 5.75 Å². The quantitative estimate of drug-likeness (QED) is 0.152. The molecule has 0 N–H and O–H groups in total. The highest BCUT2D eigenvalue weighted by Crippen LogP contribution is 2.36. The Morgan fingerprint density at radius 3 is 1.92 bits per heavy atom. The predicted octanol–water partition coefficient (Wildman–Crippen LogP) is 7.92. The van der Waals surface area contributed by atoms with E-state index in [0.29, 0.717) is 25.5 Å². The van der Waals surface area contributed by atoms with Crippen LogP contribution < -0.4 is 19.8 Å². The first-order chi connectivity index (χ1) is 18.7. The number of hydrogen-bond donors (Lipinski definition) is 0. The zero-order valence-electron chi connectivity index (χ0n) is 22.7. The van der Waals surface area contributed by atoms with Gasteiger partial charge in [-0.25, -0.2) is 0 Å². The van der Waals surface area contributed by atoms with E-state index in [9.17, 15) is 4.79 Å². The summed E-state index contributed by atoms with van der Waals surface area (Å²) in [6.45, 7) is 6.23. The number of pyridine rings is 1. The zero-order chi connectivity index (χ0) is 26.6. The maximum atomic E-state index is 14.0. The SMILES string of the molecule is CCCCCCn1c(=O)c(OCc2ccccc2)c(OCc2ccccc2)c2ccc(OCCCC)cc21. The molecule has 5 heteroatoms. The van der Waals surface area contributed by atoms with E-state index in [1.54, 1.807) is 0 Å². The minimum atomic E-state index is -0.168. The van der Waals surface area contributed by atoms with Crippen LogP contribution in [0.2, 0.25) is 0 Å². The lowest BCUT2D eigenvalue weighted by Gasteiger charge is -2.20. The van der Waals surface area contributed by atoms with Gasteiger partial charge in [0.2, 0.25) is 5.75 Å². The fourth-order valence-corrected chi connectivity index (χ4v) is 4.45. The van der Waals surface area contributed by atoms with Crippen molar-refractivity contribution in [3.63, 3.8) is 0 Å². The molecular weight excluding hydrogens is 474 g/mol. The first kappa shape index (κ1) is 27.3. The molecule has 0 aliphatic heterocycles. The molecule has 0 aliphatic carbocycles. The zero-order valence-corrected chi connectivity index (χ0v) is 22.7.